The highest BCUT2D eigenvalue weighted by Gasteiger charge is 2.03. The van der Waals surface area contributed by atoms with E-state index in [1.807, 2.05) is 0 Å². The van der Waals surface area contributed by atoms with Crippen molar-refractivity contribution < 1.29 is 0 Å². The van der Waals surface area contributed by atoms with Crippen molar-refractivity contribution in [2.75, 3.05) is 6.16 Å². The van der Waals surface area contributed by atoms with Crippen molar-refractivity contribution in [3.8, 4) is 0 Å². The summed E-state index contributed by atoms with van der Waals surface area (Å²) in [5, 5.41) is 0. The van der Waals surface area contributed by atoms with Gasteiger partial charge in [-0.05, 0) is 17.5 Å². The van der Waals surface area contributed by atoms with E-state index in [-0.39, 0.29) is 0 Å². The highest BCUT2D eigenvalue weighted by Crippen LogP contribution is 2.14. The van der Waals surface area contributed by atoms with Gasteiger partial charge in [0.15, 0.2) is 0 Å². The molecule has 0 spiro atoms. The molecule has 0 rings (SSSR count). The minimum Gasteiger partial charge on any atom is -0.108 e. The van der Waals surface area contributed by atoms with Gasteiger partial charge >= 0.3 is 0 Å². The molecule has 60 valence electrons. The van der Waals surface area contributed by atoms with Crippen LogP contribution in [0.15, 0.2) is 0 Å². The normalized spacial score (nSPS) is 13.4. The highest BCUT2D eigenvalue weighted by atomic mass is 31.1. The first-order valence-electron chi connectivity index (χ1n) is 3.93. The van der Waals surface area contributed by atoms with E-state index in [0.29, 0.717) is 5.41 Å². The summed E-state index contributed by atoms with van der Waals surface area (Å²) >= 11 is 0. The van der Waals surface area contributed by atoms with Crippen LogP contribution in [0.2, 0.25) is 0 Å². The van der Waals surface area contributed by atoms with Crippen LogP contribution in [0.25, 0.3) is 0 Å². The molecule has 0 aliphatic heterocycles. The molecule has 0 heterocycles. The fourth-order valence-corrected chi connectivity index (χ4v) is 1.61. The van der Waals surface area contributed by atoms with E-state index >= 15 is 0 Å². The average molecular weight is 158 g/mol. The zero-order chi connectivity index (χ0) is 8.20. The average Bonchev–Trinajstić information content (AvgIpc) is 1.59. The third-order valence-electron chi connectivity index (χ3n) is 0.949. The zero-order valence-electron chi connectivity index (χ0n) is 7.81. The molecule has 0 saturated heterocycles. The first kappa shape index (κ1) is 10.2. The van der Waals surface area contributed by atoms with Crippen LogP contribution in [0.5, 0.6) is 0 Å². The minimum absolute atomic E-state index is 0.399. The summed E-state index contributed by atoms with van der Waals surface area (Å²) in [5.74, 6) is 3.22. The zero-order valence-corrected chi connectivity index (χ0v) is 8.70. The first-order chi connectivity index (χ1) is 4.42. The van der Waals surface area contributed by atoms with Crippen LogP contribution in [-0.4, -0.2) is 12.0 Å². The van der Waals surface area contributed by atoms with Crippen LogP contribution in [0, 0.1) is 11.3 Å². The van der Waals surface area contributed by atoms with Gasteiger partial charge in [0.05, 0.1) is 0 Å². The van der Waals surface area contributed by atoms with Gasteiger partial charge in [-0.25, -0.2) is 0 Å². The van der Waals surface area contributed by atoms with Crippen molar-refractivity contribution in [3.63, 3.8) is 0 Å². The molecule has 10 heavy (non-hydrogen) atoms. The minimum atomic E-state index is 0.399. The van der Waals surface area contributed by atoms with Gasteiger partial charge in [-0.15, -0.1) is 8.20 Å². The molecule has 0 radical (unpaired) electrons. The Bertz CT molecular complexity index is 106. The summed E-state index contributed by atoms with van der Waals surface area (Å²) in [5.41, 5.74) is 0.399. The Morgan fingerprint density at radius 2 is 1.80 bits per heavy atom. The van der Waals surface area contributed by atoms with E-state index < -0.39 is 0 Å². The second-order valence-corrected chi connectivity index (χ2v) is 5.24. The SMILES string of the molecule is CC(C)CP=CC(C)(C)C. The fourth-order valence-electron chi connectivity index (χ4n) is 0.537. The molecule has 0 N–H and O–H groups in total. The molecule has 0 aromatic heterocycles. The Morgan fingerprint density at radius 3 is 2.10 bits per heavy atom. The maximum atomic E-state index is 2.38. The molecule has 1 heteroatoms. The van der Waals surface area contributed by atoms with Gasteiger partial charge in [-0.3, -0.25) is 0 Å². The molecule has 0 aromatic rings. The topological polar surface area (TPSA) is 0 Å². The van der Waals surface area contributed by atoms with E-state index in [1.54, 1.807) is 0 Å². The second-order valence-electron chi connectivity index (χ2n) is 4.25. The molecule has 0 aromatic carbocycles. The van der Waals surface area contributed by atoms with E-state index in [9.17, 15) is 0 Å². The Balaban J connectivity index is 3.57. The van der Waals surface area contributed by atoms with Crippen LogP contribution in [0.1, 0.15) is 34.6 Å². The van der Waals surface area contributed by atoms with Crippen LogP contribution in [0.4, 0.5) is 0 Å². The maximum Gasteiger partial charge on any atom is -0.00860 e. The van der Waals surface area contributed by atoms with Crippen LogP contribution < -0.4 is 0 Å². The quantitative estimate of drug-likeness (QED) is 0.540. The molecular weight excluding hydrogens is 139 g/mol. The lowest BCUT2D eigenvalue weighted by Crippen LogP contribution is -2.04. The highest BCUT2D eigenvalue weighted by molar-refractivity contribution is 7.38. The molecule has 0 nitrogen and oxygen atoms in total. The van der Waals surface area contributed by atoms with Crippen molar-refractivity contribution in [1.82, 2.24) is 0 Å². The van der Waals surface area contributed by atoms with Gasteiger partial charge in [0, 0.05) is 0 Å². The fraction of sp³-hybridized carbons (Fsp3) is 0.889. The summed E-state index contributed by atoms with van der Waals surface area (Å²) in [4.78, 5) is 0. The van der Waals surface area contributed by atoms with Gasteiger partial charge in [0.2, 0.25) is 0 Å². The molecule has 0 aliphatic carbocycles. The van der Waals surface area contributed by atoms with E-state index in [2.05, 4.69) is 40.4 Å². The van der Waals surface area contributed by atoms with E-state index in [1.165, 1.54) is 14.4 Å². The standard InChI is InChI=1S/C9H19P/c1-8(2)6-10-7-9(3,4)5/h7-8H,6H2,1-5H3. The molecular formula is C9H19P. The molecule has 0 saturated carbocycles. The van der Waals surface area contributed by atoms with Crippen molar-refractivity contribution in [2.24, 2.45) is 11.3 Å². The van der Waals surface area contributed by atoms with Crippen LogP contribution in [-0.2, 0) is 0 Å². The molecule has 0 unspecified atom stereocenters. The van der Waals surface area contributed by atoms with Gasteiger partial charge < -0.3 is 0 Å². The Labute approximate surface area is 66.8 Å². The van der Waals surface area contributed by atoms with Crippen molar-refractivity contribution in [1.29, 1.82) is 0 Å². The lowest BCUT2D eigenvalue weighted by atomic mass is 10.0. The summed E-state index contributed by atoms with van der Waals surface area (Å²) in [6, 6.07) is 0. The van der Waals surface area contributed by atoms with Gasteiger partial charge in [0.1, 0.15) is 0 Å². The Morgan fingerprint density at radius 1 is 1.30 bits per heavy atom. The predicted octanol–water partition coefficient (Wildman–Crippen LogP) is 3.44. The van der Waals surface area contributed by atoms with Crippen molar-refractivity contribution >= 4 is 14.0 Å². The summed E-state index contributed by atoms with van der Waals surface area (Å²) in [6.45, 7) is 11.3. The maximum absolute atomic E-state index is 2.38. The monoisotopic (exact) mass is 158 g/mol. The summed E-state index contributed by atoms with van der Waals surface area (Å²) in [7, 11) is 1.49. The number of hydrogen-bond acceptors (Lipinski definition) is 0. The Hall–Kier alpha value is 0.170. The van der Waals surface area contributed by atoms with Crippen LogP contribution in [0.3, 0.4) is 0 Å². The second kappa shape index (κ2) is 4.13. The lowest BCUT2D eigenvalue weighted by molar-refractivity contribution is 0.614. The first-order valence-corrected chi connectivity index (χ1v) is 5.07. The number of rotatable bonds is 2. The Kier molecular flexibility index (Phi) is 4.20. The number of hydrogen-bond donors (Lipinski definition) is 0. The molecule has 0 bridgehead atoms. The smallest absolute Gasteiger partial charge is 0.00860 e. The molecule has 0 atom stereocenters. The van der Waals surface area contributed by atoms with Crippen LogP contribution >= 0.6 is 8.20 Å². The summed E-state index contributed by atoms with van der Waals surface area (Å²) < 4.78 is 0. The summed E-state index contributed by atoms with van der Waals surface area (Å²) in [6.07, 6.45) is 1.30. The van der Waals surface area contributed by atoms with Gasteiger partial charge in [0.25, 0.3) is 0 Å². The van der Waals surface area contributed by atoms with E-state index in [4.69, 9.17) is 0 Å². The van der Waals surface area contributed by atoms with Gasteiger partial charge in [-0.1, -0.05) is 40.4 Å². The third-order valence-corrected chi connectivity index (χ3v) is 2.85. The van der Waals surface area contributed by atoms with E-state index in [0.717, 1.165) is 5.92 Å². The molecule has 0 aliphatic rings. The van der Waals surface area contributed by atoms with Gasteiger partial charge in [-0.2, -0.15) is 0 Å². The molecule has 0 amide bonds. The predicted molar refractivity (Wildman–Crippen MR) is 52.1 cm³/mol. The van der Waals surface area contributed by atoms with Crippen molar-refractivity contribution in [2.45, 2.75) is 34.6 Å². The third kappa shape index (κ3) is 8.17. The molecule has 0 fully saturated rings. The largest absolute Gasteiger partial charge is 0.108 e. The van der Waals surface area contributed by atoms with Crippen molar-refractivity contribution in [3.05, 3.63) is 0 Å². The lowest BCUT2D eigenvalue weighted by Gasteiger charge is -2.10.